The van der Waals surface area contributed by atoms with Gasteiger partial charge in [0.25, 0.3) is 0 Å². The van der Waals surface area contributed by atoms with Gasteiger partial charge in [-0.1, -0.05) is 49.8 Å². The van der Waals surface area contributed by atoms with Gasteiger partial charge in [0.1, 0.15) is 5.82 Å². The zero-order chi connectivity index (χ0) is 16.3. The molecule has 1 heterocycles. The Hall–Kier alpha value is -0.640. The second kappa shape index (κ2) is 11.0. The van der Waals surface area contributed by atoms with E-state index in [1.54, 1.807) is 12.1 Å². The minimum Gasteiger partial charge on any atom is -0.381 e. The molecule has 2 aliphatic rings. The Morgan fingerprint density at radius 1 is 1.09 bits per heavy atom. The van der Waals surface area contributed by atoms with Gasteiger partial charge in [0.05, 0.1) is 0 Å². The van der Waals surface area contributed by atoms with Crippen molar-refractivity contribution in [2.24, 2.45) is 5.92 Å². The summed E-state index contributed by atoms with van der Waals surface area (Å²) < 4.78 is 17.4. The molecule has 2 fully saturated rings. The summed E-state index contributed by atoms with van der Waals surface area (Å²) in [5.41, 5.74) is 0. The van der Waals surface area contributed by atoms with Crippen LogP contribution in [0.4, 0.5) is 4.39 Å². The molecule has 130 valence electrons. The van der Waals surface area contributed by atoms with Crippen LogP contribution in [-0.2, 0) is 4.74 Å². The van der Waals surface area contributed by atoms with Crippen LogP contribution in [0.5, 0.6) is 0 Å². The maximum absolute atomic E-state index is 12.1. The predicted octanol–water partition coefficient (Wildman–Crippen LogP) is 5.20. The lowest BCUT2D eigenvalue weighted by Gasteiger charge is -2.26. The number of rotatable bonds is 4. The molecule has 0 unspecified atom stereocenters. The van der Waals surface area contributed by atoms with E-state index in [1.807, 2.05) is 0 Å². The van der Waals surface area contributed by atoms with E-state index in [4.69, 9.17) is 16.3 Å². The highest BCUT2D eigenvalue weighted by Gasteiger charge is 2.15. The quantitative estimate of drug-likeness (QED) is 0.812. The molecular formula is C19H29ClFNO. The van der Waals surface area contributed by atoms with Crippen LogP contribution in [0.2, 0.25) is 5.02 Å². The smallest absolute Gasteiger partial charge is 0.124 e. The van der Waals surface area contributed by atoms with Crippen molar-refractivity contribution in [1.29, 1.82) is 0 Å². The van der Waals surface area contributed by atoms with Gasteiger partial charge in [-0.05, 0) is 49.9 Å². The Morgan fingerprint density at radius 3 is 2.43 bits per heavy atom. The largest absolute Gasteiger partial charge is 0.381 e. The third-order valence-corrected chi connectivity index (χ3v) is 4.95. The van der Waals surface area contributed by atoms with Crippen LogP contribution in [0.25, 0.3) is 0 Å². The van der Waals surface area contributed by atoms with E-state index >= 15 is 0 Å². The van der Waals surface area contributed by atoms with Crippen molar-refractivity contribution in [3.05, 3.63) is 35.1 Å². The average Bonchev–Trinajstić information content (AvgIpc) is 2.57. The molecule has 23 heavy (non-hydrogen) atoms. The van der Waals surface area contributed by atoms with Gasteiger partial charge in [0, 0.05) is 24.3 Å². The summed E-state index contributed by atoms with van der Waals surface area (Å²) in [5.74, 6) is 0.726. The summed E-state index contributed by atoms with van der Waals surface area (Å²) >= 11 is 5.40. The summed E-state index contributed by atoms with van der Waals surface area (Å²) in [7, 11) is 0. The first-order valence-corrected chi connectivity index (χ1v) is 9.34. The molecule has 0 atom stereocenters. The van der Waals surface area contributed by atoms with Gasteiger partial charge in [-0.3, -0.25) is 0 Å². The van der Waals surface area contributed by atoms with Crippen LogP contribution in [0, 0.1) is 11.7 Å². The van der Waals surface area contributed by atoms with Gasteiger partial charge in [-0.15, -0.1) is 0 Å². The Bertz CT molecular complexity index is 396. The van der Waals surface area contributed by atoms with E-state index in [9.17, 15) is 4.39 Å². The number of hydrogen-bond acceptors (Lipinski definition) is 2. The standard InChI is InChI=1S/C13H25NO.C6H4ClF/c1-2-4-12(5-3-1)6-9-14-13-7-10-15-11-8-13;7-5-2-1-3-6(8)4-5/h12-14H,1-11H2;1-4H. The second-order valence-electron chi connectivity index (χ2n) is 6.57. The maximum atomic E-state index is 12.1. The van der Waals surface area contributed by atoms with E-state index in [0.29, 0.717) is 5.02 Å². The molecule has 0 spiro atoms. The normalized spacial score (nSPS) is 19.9. The molecule has 0 aromatic heterocycles. The molecule has 1 aliphatic carbocycles. The fourth-order valence-electron chi connectivity index (χ4n) is 3.33. The number of benzene rings is 1. The third-order valence-electron chi connectivity index (χ3n) is 4.72. The van der Waals surface area contributed by atoms with E-state index in [0.717, 1.165) is 25.2 Å². The summed E-state index contributed by atoms with van der Waals surface area (Å²) in [6, 6.07) is 6.55. The molecule has 4 heteroatoms. The number of hydrogen-bond donors (Lipinski definition) is 1. The van der Waals surface area contributed by atoms with E-state index in [-0.39, 0.29) is 5.82 Å². The van der Waals surface area contributed by atoms with Crippen LogP contribution in [0.3, 0.4) is 0 Å². The van der Waals surface area contributed by atoms with Crippen molar-refractivity contribution < 1.29 is 9.13 Å². The summed E-state index contributed by atoms with van der Waals surface area (Å²) in [6.45, 7) is 3.15. The molecule has 1 saturated heterocycles. The molecule has 1 aliphatic heterocycles. The Labute approximate surface area is 144 Å². The van der Waals surface area contributed by atoms with Crippen LogP contribution in [-0.4, -0.2) is 25.8 Å². The summed E-state index contributed by atoms with van der Waals surface area (Å²) in [5, 5.41) is 4.12. The third kappa shape index (κ3) is 8.14. The Morgan fingerprint density at radius 2 is 1.83 bits per heavy atom. The lowest BCUT2D eigenvalue weighted by Crippen LogP contribution is -2.36. The Kier molecular flexibility index (Phi) is 8.95. The van der Waals surface area contributed by atoms with Crippen molar-refractivity contribution in [1.82, 2.24) is 5.32 Å². The molecule has 0 bridgehead atoms. The SMILES string of the molecule is C1CCC(CCNC2CCOCC2)CC1.Fc1cccc(Cl)c1. The van der Waals surface area contributed by atoms with E-state index in [1.165, 1.54) is 70.0 Å². The number of ether oxygens (including phenoxy) is 1. The topological polar surface area (TPSA) is 21.3 Å². The van der Waals surface area contributed by atoms with Crippen molar-refractivity contribution >= 4 is 11.6 Å². The van der Waals surface area contributed by atoms with Gasteiger partial charge >= 0.3 is 0 Å². The first-order chi connectivity index (χ1) is 11.2. The zero-order valence-electron chi connectivity index (χ0n) is 13.9. The second-order valence-corrected chi connectivity index (χ2v) is 7.01. The average molecular weight is 342 g/mol. The van der Waals surface area contributed by atoms with E-state index in [2.05, 4.69) is 5.32 Å². The first kappa shape index (κ1) is 18.7. The number of halogens is 2. The number of nitrogens with one attached hydrogen (secondary N) is 1. The van der Waals surface area contributed by atoms with Crippen LogP contribution in [0.15, 0.2) is 24.3 Å². The van der Waals surface area contributed by atoms with E-state index < -0.39 is 0 Å². The molecule has 0 amide bonds. The molecule has 2 nitrogen and oxygen atoms in total. The molecule has 1 N–H and O–H groups in total. The highest BCUT2D eigenvalue weighted by atomic mass is 35.5. The lowest BCUT2D eigenvalue weighted by atomic mass is 9.87. The molecule has 1 aromatic rings. The summed E-state index contributed by atoms with van der Waals surface area (Å²) in [4.78, 5) is 0. The van der Waals surface area contributed by atoms with Gasteiger partial charge in [0.15, 0.2) is 0 Å². The van der Waals surface area contributed by atoms with Gasteiger partial charge < -0.3 is 10.1 Å². The van der Waals surface area contributed by atoms with Gasteiger partial charge in [0.2, 0.25) is 0 Å². The van der Waals surface area contributed by atoms with Gasteiger partial charge in [-0.2, -0.15) is 0 Å². The monoisotopic (exact) mass is 341 g/mol. The molecular weight excluding hydrogens is 313 g/mol. The minimum absolute atomic E-state index is 0.294. The summed E-state index contributed by atoms with van der Waals surface area (Å²) in [6.07, 6.45) is 11.2. The van der Waals surface area contributed by atoms with Crippen molar-refractivity contribution in [2.45, 2.75) is 57.4 Å². The lowest BCUT2D eigenvalue weighted by molar-refractivity contribution is 0.0775. The fraction of sp³-hybridized carbons (Fsp3) is 0.684. The maximum Gasteiger partial charge on any atom is 0.124 e. The first-order valence-electron chi connectivity index (χ1n) is 8.96. The highest BCUT2D eigenvalue weighted by molar-refractivity contribution is 6.30. The van der Waals surface area contributed by atoms with Crippen LogP contribution >= 0.6 is 11.6 Å². The highest BCUT2D eigenvalue weighted by Crippen LogP contribution is 2.25. The molecule has 1 saturated carbocycles. The van der Waals surface area contributed by atoms with Crippen molar-refractivity contribution in [3.63, 3.8) is 0 Å². The van der Waals surface area contributed by atoms with Crippen molar-refractivity contribution in [3.8, 4) is 0 Å². The Balaban J connectivity index is 0.000000203. The molecule has 0 radical (unpaired) electrons. The van der Waals surface area contributed by atoms with Crippen molar-refractivity contribution in [2.75, 3.05) is 19.8 Å². The van der Waals surface area contributed by atoms with Gasteiger partial charge in [-0.25, -0.2) is 4.39 Å². The predicted molar refractivity (Wildman–Crippen MR) is 94.4 cm³/mol. The minimum atomic E-state index is -0.294. The zero-order valence-corrected chi connectivity index (χ0v) is 14.7. The molecule has 3 rings (SSSR count). The fourth-order valence-corrected chi connectivity index (χ4v) is 3.51. The van der Waals surface area contributed by atoms with Crippen LogP contribution in [0.1, 0.15) is 51.4 Å². The molecule has 1 aromatic carbocycles. The van der Waals surface area contributed by atoms with Crippen LogP contribution < -0.4 is 5.32 Å².